The second-order valence-electron chi connectivity index (χ2n) is 2.58. The molecular formula is C6H12N2O2. The van der Waals surface area contributed by atoms with Crippen molar-refractivity contribution in [1.29, 1.82) is 0 Å². The highest BCUT2D eigenvalue weighted by Crippen LogP contribution is 2.13. The van der Waals surface area contributed by atoms with Crippen molar-refractivity contribution >= 4 is 5.91 Å². The van der Waals surface area contributed by atoms with Crippen LogP contribution in [0, 0.1) is 0 Å². The Bertz CT molecular complexity index is 138. The van der Waals surface area contributed by atoms with Gasteiger partial charge in [0.25, 0.3) is 0 Å². The van der Waals surface area contributed by atoms with Gasteiger partial charge < -0.3 is 10.9 Å². The molecule has 1 rings (SSSR count). The summed E-state index contributed by atoms with van der Waals surface area (Å²) in [4.78, 5) is 10.6. The molecule has 0 radical (unpaired) electrons. The minimum atomic E-state index is -0.450. The summed E-state index contributed by atoms with van der Waals surface area (Å²) in [6.45, 7) is 0.563. The van der Waals surface area contributed by atoms with E-state index in [-0.39, 0.29) is 0 Å². The second kappa shape index (κ2) is 2.98. The van der Waals surface area contributed by atoms with Crippen molar-refractivity contribution in [3.8, 4) is 0 Å². The van der Waals surface area contributed by atoms with E-state index in [9.17, 15) is 4.79 Å². The first-order valence-corrected chi connectivity index (χ1v) is 3.46. The number of hydrogen-bond acceptors (Lipinski definition) is 3. The molecule has 3 N–H and O–H groups in total. The molecule has 4 heteroatoms. The standard InChI is InChI=1S/C6H12N2O2/c7-6(9)5-3-1-2-4-8(5)10/h5,10H,1-4H2,(H2,7,9)/t5-/m1/s1. The summed E-state index contributed by atoms with van der Waals surface area (Å²) in [7, 11) is 0. The highest BCUT2D eigenvalue weighted by Gasteiger charge is 2.24. The van der Waals surface area contributed by atoms with E-state index < -0.39 is 11.9 Å². The number of primary amides is 1. The van der Waals surface area contributed by atoms with Crippen LogP contribution in [0.5, 0.6) is 0 Å². The van der Waals surface area contributed by atoms with Gasteiger partial charge in [-0.15, -0.1) is 0 Å². The Labute approximate surface area is 59.6 Å². The molecule has 1 amide bonds. The first-order valence-electron chi connectivity index (χ1n) is 3.46. The zero-order valence-corrected chi connectivity index (χ0v) is 5.79. The van der Waals surface area contributed by atoms with Crippen molar-refractivity contribution in [3.63, 3.8) is 0 Å². The molecule has 0 bridgehead atoms. The number of rotatable bonds is 1. The Kier molecular flexibility index (Phi) is 2.24. The van der Waals surface area contributed by atoms with Gasteiger partial charge in [-0.05, 0) is 19.3 Å². The predicted octanol–water partition coefficient (Wildman–Crippen LogP) is -0.285. The summed E-state index contributed by atoms with van der Waals surface area (Å²) in [6.07, 6.45) is 2.61. The van der Waals surface area contributed by atoms with Crippen LogP contribution in [0.2, 0.25) is 0 Å². The third kappa shape index (κ3) is 1.46. The average molecular weight is 144 g/mol. The molecule has 0 spiro atoms. The number of piperidine rings is 1. The maximum Gasteiger partial charge on any atom is 0.237 e. The van der Waals surface area contributed by atoms with Gasteiger partial charge in [0.2, 0.25) is 5.91 Å². The van der Waals surface area contributed by atoms with Crippen molar-refractivity contribution in [2.45, 2.75) is 25.3 Å². The zero-order chi connectivity index (χ0) is 7.56. The van der Waals surface area contributed by atoms with Crippen LogP contribution in [-0.2, 0) is 4.79 Å². The molecule has 1 heterocycles. The summed E-state index contributed by atoms with van der Waals surface area (Å²) >= 11 is 0. The van der Waals surface area contributed by atoms with Crippen LogP contribution in [0.25, 0.3) is 0 Å². The van der Waals surface area contributed by atoms with Gasteiger partial charge in [-0.1, -0.05) is 0 Å². The van der Waals surface area contributed by atoms with Crippen molar-refractivity contribution < 1.29 is 10.0 Å². The van der Waals surface area contributed by atoms with E-state index in [1.165, 1.54) is 0 Å². The van der Waals surface area contributed by atoms with Gasteiger partial charge in [0, 0.05) is 6.54 Å². The first-order chi connectivity index (χ1) is 4.72. The van der Waals surface area contributed by atoms with Crippen LogP contribution in [0.15, 0.2) is 0 Å². The summed E-state index contributed by atoms with van der Waals surface area (Å²) in [6, 6.07) is -0.450. The van der Waals surface area contributed by atoms with Crippen LogP contribution < -0.4 is 5.73 Å². The van der Waals surface area contributed by atoms with Crippen LogP contribution in [0.3, 0.4) is 0 Å². The molecule has 4 nitrogen and oxygen atoms in total. The molecular weight excluding hydrogens is 132 g/mol. The quantitative estimate of drug-likeness (QED) is 0.531. The van der Waals surface area contributed by atoms with Gasteiger partial charge in [-0.2, -0.15) is 5.06 Å². The third-order valence-electron chi connectivity index (χ3n) is 1.80. The lowest BCUT2D eigenvalue weighted by molar-refractivity contribution is -0.160. The van der Waals surface area contributed by atoms with E-state index >= 15 is 0 Å². The van der Waals surface area contributed by atoms with Gasteiger partial charge in [0.15, 0.2) is 0 Å². The van der Waals surface area contributed by atoms with Gasteiger partial charge in [-0.25, -0.2) is 0 Å². The predicted molar refractivity (Wildman–Crippen MR) is 35.3 cm³/mol. The number of carbonyl (C=O) groups excluding carboxylic acids is 1. The van der Waals surface area contributed by atoms with Crippen LogP contribution >= 0.6 is 0 Å². The maximum absolute atomic E-state index is 10.6. The molecule has 0 aromatic rings. The number of nitrogens with zero attached hydrogens (tertiary/aromatic N) is 1. The lowest BCUT2D eigenvalue weighted by Gasteiger charge is -2.27. The zero-order valence-electron chi connectivity index (χ0n) is 5.79. The monoisotopic (exact) mass is 144 g/mol. The molecule has 0 unspecified atom stereocenters. The lowest BCUT2D eigenvalue weighted by atomic mass is 10.0. The number of hydrogen-bond donors (Lipinski definition) is 2. The summed E-state index contributed by atoms with van der Waals surface area (Å²) in [5, 5.41) is 10.1. The first kappa shape index (κ1) is 7.50. The summed E-state index contributed by atoms with van der Waals surface area (Å²) in [5.74, 6) is -0.429. The van der Waals surface area contributed by atoms with Crippen LogP contribution in [0.4, 0.5) is 0 Å². The Morgan fingerprint density at radius 2 is 2.30 bits per heavy atom. The van der Waals surface area contributed by atoms with Crippen molar-refractivity contribution in [1.82, 2.24) is 5.06 Å². The Balaban J connectivity index is 2.47. The maximum atomic E-state index is 10.6. The molecule has 58 valence electrons. The topological polar surface area (TPSA) is 66.6 Å². The van der Waals surface area contributed by atoms with Crippen LogP contribution in [0.1, 0.15) is 19.3 Å². The molecule has 1 aliphatic heterocycles. The molecule has 1 atom stereocenters. The van der Waals surface area contributed by atoms with Gasteiger partial charge in [0.05, 0.1) is 0 Å². The minimum Gasteiger partial charge on any atom is -0.368 e. The lowest BCUT2D eigenvalue weighted by Crippen LogP contribution is -2.45. The minimum absolute atomic E-state index is 0.429. The van der Waals surface area contributed by atoms with E-state index in [1.54, 1.807) is 0 Å². The number of amides is 1. The van der Waals surface area contributed by atoms with E-state index in [0.29, 0.717) is 13.0 Å². The number of hydroxylamine groups is 2. The molecule has 0 aromatic carbocycles. The fourth-order valence-corrected chi connectivity index (χ4v) is 1.21. The molecule has 1 saturated heterocycles. The van der Waals surface area contributed by atoms with E-state index in [2.05, 4.69) is 0 Å². The van der Waals surface area contributed by atoms with Crippen molar-refractivity contribution in [3.05, 3.63) is 0 Å². The molecule has 0 aromatic heterocycles. The highest BCUT2D eigenvalue weighted by molar-refractivity contribution is 5.79. The van der Waals surface area contributed by atoms with Crippen LogP contribution in [-0.4, -0.2) is 28.8 Å². The smallest absolute Gasteiger partial charge is 0.237 e. The van der Waals surface area contributed by atoms with Crippen molar-refractivity contribution in [2.75, 3.05) is 6.54 Å². The van der Waals surface area contributed by atoms with E-state index in [4.69, 9.17) is 10.9 Å². The summed E-state index contributed by atoms with van der Waals surface area (Å²) in [5.41, 5.74) is 5.02. The Hall–Kier alpha value is -0.610. The number of carbonyl (C=O) groups is 1. The number of nitrogens with two attached hydrogens (primary N) is 1. The molecule has 1 aliphatic rings. The van der Waals surface area contributed by atoms with Crippen molar-refractivity contribution in [2.24, 2.45) is 5.73 Å². The second-order valence-corrected chi connectivity index (χ2v) is 2.58. The highest BCUT2D eigenvalue weighted by atomic mass is 16.5. The molecule has 0 aliphatic carbocycles. The normalized spacial score (nSPS) is 28.3. The SMILES string of the molecule is NC(=O)[C@H]1CCCCN1O. The average Bonchev–Trinajstić information content (AvgIpc) is 1.88. The fraction of sp³-hybridized carbons (Fsp3) is 0.833. The fourth-order valence-electron chi connectivity index (χ4n) is 1.21. The Morgan fingerprint density at radius 3 is 2.70 bits per heavy atom. The largest absolute Gasteiger partial charge is 0.368 e. The molecule has 1 fully saturated rings. The summed E-state index contributed by atoms with van der Waals surface area (Å²) < 4.78 is 0. The van der Waals surface area contributed by atoms with Gasteiger partial charge in [-0.3, -0.25) is 4.79 Å². The van der Waals surface area contributed by atoms with E-state index in [1.807, 2.05) is 0 Å². The van der Waals surface area contributed by atoms with E-state index in [0.717, 1.165) is 17.9 Å². The van der Waals surface area contributed by atoms with Gasteiger partial charge in [0.1, 0.15) is 6.04 Å². The third-order valence-corrected chi connectivity index (χ3v) is 1.80. The molecule has 0 saturated carbocycles. The Morgan fingerprint density at radius 1 is 1.60 bits per heavy atom. The van der Waals surface area contributed by atoms with Gasteiger partial charge >= 0.3 is 0 Å². The molecule has 10 heavy (non-hydrogen) atoms.